The summed E-state index contributed by atoms with van der Waals surface area (Å²) in [4.78, 5) is 7.84. The van der Waals surface area contributed by atoms with Gasteiger partial charge in [0.05, 0.1) is 12.3 Å². The van der Waals surface area contributed by atoms with Crippen LogP contribution in [0.15, 0.2) is 16.8 Å². The third kappa shape index (κ3) is 3.08. The van der Waals surface area contributed by atoms with Gasteiger partial charge in [-0.15, -0.1) is 11.3 Å². The number of aromatic nitrogens is 1. The molecular formula is C12H17N3OS2. The zero-order valence-electron chi connectivity index (χ0n) is 10.5. The second-order valence-corrected chi connectivity index (χ2v) is 5.83. The molecule has 6 heteroatoms. The van der Waals surface area contributed by atoms with Crippen LogP contribution in [0.2, 0.25) is 0 Å². The maximum atomic E-state index is 5.73. The van der Waals surface area contributed by atoms with Crippen molar-refractivity contribution in [3.8, 4) is 0 Å². The summed E-state index contributed by atoms with van der Waals surface area (Å²) in [5.74, 6) is 0. The molecule has 0 saturated carbocycles. The minimum absolute atomic E-state index is 0.517. The van der Waals surface area contributed by atoms with Crippen molar-refractivity contribution in [1.29, 1.82) is 0 Å². The van der Waals surface area contributed by atoms with E-state index >= 15 is 0 Å². The molecule has 0 amide bonds. The van der Waals surface area contributed by atoms with Gasteiger partial charge in [-0.05, 0) is 22.4 Å². The molecule has 0 atom stereocenters. The average Bonchev–Trinajstić information content (AvgIpc) is 2.98. The molecule has 2 rings (SSSR count). The van der Waals surface area contributed by atoms with Crippen LogP contribution in [0.25, 0.3) is 0 Å². The number of ether oxygens (including phenoxy) is 1. The lowest BCUT2D eigenvalue weighted by Crippen LogP contribution is -2.15. The van der Waals surface area contributed by atoms with Crippen molar-refractivity contribution >= 4 is 27.8 Å². The van der Waals surface area contributed by atoms with Gasteiger partial charge in [0.2, 0.25) is 0 Å². The van der Waals surface area contributed by atoms with Crippen molar-refractivity contribution in [3.63, 3.8) is 0 Å². The van der Waals surface area contributed by atoms with Crippen LogP contribution in [0.3, 0.4) is 0 Å². The van der Waals surface area contributed by atoms with Crippen LogP contribution in [0.4, 0.5) is 5.13 Å². The largest absolute Gasteiger partial charge is 0.378 e. The number of rotatable bonds is 6. The van der Waals surface area contributed by atoms with Gasteiger partial charge in [-0.25, -0.2) is 4.98 Å². The molecule has 4 nitrogen and oxygen atoms in total. The second-order valence-electron chi connectivity index (χ2n) is 3.99. The van der Waals surface area contributed by atoms with Gasteiger partial charge in [0.25, 0.3) is 0 Å². The smallest absolute Gasteiger partial charge is 0.185 e. The highest BCUT2D eigenvalue weighted by molar-refractivity contribution is 7.15. The number of anilines is 1. The van der Waals surface area contributed by atoms with Crippen LogP contribution < -0.4 is 10.6 Å². The quantitative estimate of drug-likeness (QED) is 0.884. The van der Waals surface area contributed by atoms with Crippen molar-refractivity contribution < 1.29 is 4.74 Å². The van der Waals surface area contributed by atoms with E-state index in [1.807, 2.05) is 7.05 Å². The van der Waals surface area contributed by atoms with Gasteiger partial charge in [-0.2, -0.15) is 11.3 Å². The minimum Gasteiger partial charge on any atom is -0.378 e. The lowest BCUT2D eigenvalue weighted by Gasteiger charge is -2.14. The first kappa shape index (κ1) is 13.5. The van der Waals surface area contributed by atoms with Crippen LogP contribution in [-0.2, 0) is 24.4 Å². The molecule has 0 fully saturated rings. The third-order valence-electron chi connectivity index (χ3n) is 2.56. The fourth-order valence-electron chi connectivity index (χ4n) is 1.67. The molecule has 98 valence electrons. The molecule has 0 bridgehead atoms. The van der Waals surface area contributed by atoms with Gasteiger partial charge in [-0.3, -0.25) is 0 Å². The molecule has 0 saturated heterocycles. The zero-order valence-corrected chi connectivity index (χ0v) is 12.2. The number of methoxy groups -OCH3 is 1. The van der Waals surface area contributed by atoms with E-state index in [0.29, 0.717) is 13.2 Å². The number of thiazole rings is 1. The van der Waals surface area contributed by atoms with Crippen molar-refractivity contribution in [3.05, 3.63) is 33.0 Å². The Bertz CT molecular complexity index is 481. The lowest BCUT2D eigenvalue weighted by atomic mass is 10.3. The van der Waals surface area contributed by atoms with E-state index in [-0.39, 0.29) is 0 Å². The van der Waals surface area contributed by atoms with Crippen LogP contribution in [-0.4, -0.2) is 19.1 Å². The Labute approximate surface area is 115 Å². The first-order valence-electron chi connectivity index (χ1n) is 5.64. The Balaban J connectivity index is 2.12. The summed E-state index contributed by atoms with van der Waals surface area (Å²) in [6.07, 6.45) is 0. The maximum absolute atomic E-state index is 5.73. The van der Waals surface area contributed by atoms with Gasteiger partial charge in [-0.1, -0.05) is 0 Å². The molecule has 18 heavy (non-hydrogen) atoms. The Hall–Kier alpha value is -0.950. The molecule has 2 heterocycles. The molecular weight excluding hydrogens is 266 g/mol. The normalized spacial score (nSPS) is 10.8. The lowest BCUT2D eigenvalue weighted by molar-refractivity contribution is 0.181. The van der Waals surface area contributed by atoms with Crippen LogP contribution >= 0.6 is 22.7 Å². The number of thiophene rings is 1. The fourth-order valence-corrected chi connectivity index (χ4v) is 3.23. The summed E-state index contributed by atoms with van der Waals surface area (Å²) >= 11 is 3.36. The van der Waals surface area contributed by atoms with E-state index in [0.717, 1.165) is 22.2 Å². The molecule has 2 aromatic rings. The average molecular weight is 283 g/mol. The number of hydrogen-bond donors (Lipinski definition) is 1. The number of nitrogens with zero attached hydrogens (tertiary/aromatic N) is 2. The van der Waals surface area contributed by atoms with Gasteiger partial charge in [0.1, 0.15) is 0 Å². The van der Waals surface area contributed by atoms with Gasteiger partial charge in [0.15, 0.2) is 5.13 Å². The zero-order chi connectivity index (χ0) is 13.0. The Morgan fingerprint density at radius 1 is 1.50 bits per heavy atom. The van der Waals surface area contributed by atoms with Crippen molar-refractivity contribution in [1.82, 2.24) is 4.98 Å². The third-order valence-corrected chi connectivity index (χ3v) is 4.53. The summed E-state index contributed by atoms with van der Waals surface area (Å²) in [6, 6.07) is 2.13. The van der Waals surface area contributed by atoms with E-state index in [4.69, 9.17) is 10.5 Å². The molecule has 0 spiro atoms. The Morgan fingerprint density at radius 2 is 2.33 bits per heavy atom. The minimum atomic E-state index is 0.517. The molecule has 0 aliphatic rings. The van der Waals surface area contributed by atoms with Crippen molar-refractivity contribution in [2.45, 2.75) is 19.7 Å². The van der Waals surface area contributed by atoms with E-state index in [1.165, 1.54) is 5.56 Å². The predicted molar refractivity (Wildman–Crippen MR) is 77.1 cm³/mol. The second kappa shape index (κ2) is 6.29. The number of nitrogens with two attached hydrogens (primary N) is 1. The van der Waals surface area contributed by atoms with E-state index in [1.54, 1.807) is 29.8 Å². The fraction of sp³-hybridized carbons (Fsp3) is 0.417. The van der Waals surface area contributed by atoms with Crippen LogP contribution in [0.1, 0.15) is 16.1 Å². The summed E-state index contributed by atoms with van der Waals surface area (Å²) in [7, 11) is 3.72. The van der Waals surface area contributed by atoms with E-state index in [9.17, 15) is 0 Å². The summed E-state index contributed by atoms with van der Waals surface area (Å²) < 4.78 is 5.14. The molecule has 0 aliphatic carbocycles. The molecule has 0 aromatic carbocycles. The van der Waals surface area contributed by atoms with Gasteiger partial charge < -0.3 is 15.4 Å². The first-order valence-corrected chi connectivity index (χ1v) is 7.40. The molecule has 0 aliphatic heterocycles. The molecule has 0 radical (unpaired) electrons. The topological polar surface area (TPSA) is 51.4 Å². The van der Waals surface area contributed by atoms with E-state index in [2.05, 4.69) is 26.7 Å². The highest BCUT2D eigenvalue weighted by atomic mass is 32.1. The standard InChI is InChI=1S/C12H17N3OS2/c1-15(6-9-3-4-17-8-9)12-14-10(7-16-2)11(5-13)18-12/h3-4,8H,5-7,13H2,1-2H3. The van der Waals surface area contributed by atoms with Gasteiger partial charge >= 0.3 is 0 Å². The highest BCUT2D eigenvalue weighted by Crippen LogP contribution is 2.27. The highest BCUT2D eigenvalue weighted by Gasteiger charge is 2.13. The van der Waals surface area contributed by atoms with Gasteiger partial charge in [0, 0.05) is 32.1 Å². The summed E-state index contributed by atoms with van der Waals surface area (Å²) in [5.41, 5.74) is 7.99. The molecule has 0 unspecified atom stereocenters. The summed E-state index contributed by atoms with van der Waals surface area (Å²) in [6.45, 7) is 1.91. The monoisotopic (exact) mass is 283 g/mol. The van der Waals surface area contributed by atoms with Crippen LogP contribution in [0, 0.1) is 0 Å². The van der Waals surface area contributed by atoms with Crippen molar-refractivity contribution in [2.24, 2.45) is 5.73 Å². The SMILES string of the molecule is COCc1nc(N(C)Cc2ccsc2)sc1CN. The Morgan fingerprint density at radius 3 is 2.94 bits per heavy atom. The molecule has 2 N–H and O–H groups in total. The first-order chi connectivity index (χ1) is 8.74. The summed E-state index contributed by atoms with van der Waals surface area (Å²) in [5, 5.41) is 5.24. The van der Waals surface area contributed by atoms with Crippen molar-refractivity contribution in [2.75, 3.05) is 19.1 Å². The number of hydrogen-bond acceptors (Lipinski definition) is 6. The van der Waals surface area contributed by atoms with Crippen LogP contribution in [0.5, 0.6) is 0 Å². The van der Waals surface area contributed by atoms with E-state index < -0.39 is 0 Å². The predicted octanol–water partition coefficient (Wildman–Crippen LogP) is 2.45. The maximum Gasteiger partial charge on any atom is 0.185 e. The Kier molecular flexibility index (Phi) is 4.71. The molecule has 2 aromatic heterocycles.